The van der Waals surface area contributed by atoms with Gasteiger partial charge in [-0.1, -0.05) is 6.07 Å². The van der Waals surface area contributed by atoms with Crippen molar-refractivity contribution >= 4 is 27.6 Å². The topological polar surface area (TPSA) is 49.8 Å². The van der Waals surface area contributed by atoms with Crippen LogP contribution in [0.25, 0.3) is 16.3 Å². The van der Waals surface area contributed by atoms with Crippen molar-refractivity contribution in [2.24, 2.45) is 4.99 Å². The Morgan fingerprint density at radius 1 is 1.31 bits per heavy atom. The lowest BCUT2D eigenvalue weighted by molar-refractivity contribution is -0.0882. The van der Waals surface area contributed by atoms with Crippen molar-refractivity contribution in [3.8, 4) is 0 Å². The molecule has 0 aliphatic carbocycles. The maximum Gasteiger partial charge on any atom is 0.162 e. The van der Waals surface area contributed by atoms with Crippen LogP contribution in [0.15, 0.2) is 40.8 Å². The Hall–Kier alpha value is -2.28. The van der Waals surface area contributed by atoms with Crippen LogP contribution in [0.5, 0.6) is 0 Å². The smallest absolute Gasteiger partial charge is 0.162 e. The molecule has 0 saturated carbocycles. The minimum absolute atomic E-state index is 0.0750. The maximum absolute atomic E-state index is 5.84. The molecule has 1 unspecified atom stereocenters. The minimum Gasteiger partial charge on any atom is -0.373 e. The van der Waals surface area contributed by atoms with E-state index in [1.807, 2.05) is 6.20 Å². The zero-order chi connectivity index (χ0) is 20.0. The van der Waals surface area contributed by atoms with E-state index in [9.17, 15) is 0 Å². The van der Waals surface area contributed by atoms with E-state index in [0.717, 1.165) is 42.5 Å². The van der Waals surface area contributed by atoms with E-state index in [2.05, 4.69) is 71.8 Å². The van der Waals surface area contributed by atoms with Crippen LogP contribution in [0.2, 0.25) is 0 Å². The van der Waals surface area contributed by atoms with E-state index >= 15 is 0 Å². The largest absolute Gasteiger partial charge is 0.373 e. The maximum atomic E-state index is 5.84. The second-order valence-corrected chi connectivity index (χ2v) is 9.53. The van der Waals surface area contributed by atoms with Crippen molar-refractivity contribution in [1.82, 2.24) is 15.2 Å². The summed E-state index contributed by atoms with van der Waals surface area (Å²) < 4.78 is 7.09. The molecule has 0 amide bonds. The molecular formula is C23H26N4OS. The molecule has 3 aromatic rings. The van der Waals surface area contributed by atoms with E-state index in [1.165, 1.54) is 21.2 Å². The molecule has 1 N–H and O–H groups in total. The molecule has 2 aromatic heterocycles. The Balaban J connectivity index is 1.43. The fourth-order valence-corrected chi connectivity index (χ4v) is 5.08. The van der Waals surface area contributed by atoms with Gasteiger partial charge in [-0.05, 0) is 55.5 Å². The van der Waals surface area contributed by atoms with Crippen LogP contribution in [-0.2, 0) is 11.3 Å². The summed E-state index contributed by atoms with van der Waals surface area (Å²) in [4.78, 5) is 12.1. The lowest BCUT2D eigenvalue weighted by Crippen LogP contribution is -2.48. The number of nitrogens with zero attached hydrogens (tertiary/aromatic N) is 3. The summed E-state index contributed by atoms with van der Waals surface area (Å²) >= 11 is 1.74. The number of rotatable bonds is 3. The number of ether oxygens (including phenoxy) is 1. The van der Waals surface area contributed by atoms with E-state index in [-0.39, 0.29) is 11.8 Å². The SMILES string of the molecule is Cc1cc(CN2CCOC(C)(C)C2)cc2c1=NC(c1cc3sccc3cn1)NC=2. The van der Waals surface area contributed by atoms with Gasteiger partial charge in [0.25, 0.3) is 0 Å². The number of hydrogen-bond donors (Lipinski definition) is 1. The van der Waals surface area contributed by atoms with Crippen LogP contribution < -0.4 is 15.9 Å². The Morgan fingerprint density at radius 3 is 3.07 bits per heavy atom. The Bertz CT molecular complexity index is 1180. The normalized spacial score (nSPS) is 21.1. The van der Waals surface area contributed by atoms with Gasteiger partial charge in [-0.2, -0.15) is 0 Å². The molecule has 1 aromatic carbocycles. The zero-order valence-corrected chi connectivity index (χ0v) is 17.9. The molecule has 0 spiro atoms. The van der Waals surface area contributed by atoms with Gasteiger partial charge in [-0.3, -0.25) is 14.9 Å². The number of aromatic nitrogens is 1. The average Bonchev–Trinajstić information content (AvgIpc) is 3.15. The molecule has 2 aliphatic heterocycles. The number of pyridine rings is 1. The van der Waals surface area contributed by atoms with Gasteiger partial charge in [-0.25, -0.2) is 0 Å². The monoisotopic (exact) mass is 406 g/mol. The number of benzene rings is 1. The highest BCUT2D eigenvalue weighted by molar-refractivity contribution is 7.17. The van der Waals surface area contributed by atoms with Gasteiger partial charge >= 0.3 is 0 Å². The van der Waals surface area contributed by atoms with Crippen LogP contribution in [-0.4, -0.2) is 35.2 Å². The first-order valence-electron chi connectivity index (χ1n) is 10.1. The van der Waals surface area contributed by atoms with Gasteiger partial charge in [0, 0.05) is 47.3 Å². The van der Waals surface area contributed by atoms with Crippen molar-refractivity contribution in [2.75, 3.05) is 19.7 Å². The molecule has 29 heavy (non-hydrogen) atoms. The molecule has 6 heteroatoms. The second-order valence-electron chi connectivity index (χ2n) is 8.58. The first-order valence-corrected chi connectivity index (χ1v) is 11.0. The quantitative estimate of drug-likeness (QED) is 0.727. The van der Waals surface area contributed by atoms with Gasteiger partial charge in [0.05, 0.1) is 23.3 Å². The van der Waals surface area contributed by atoms with Crippen LogP contribution >= 0.6 is 11.3 Å². The molecule has 5 rings (SSSR count). The molecule has 150 valence electrons. The van der Waals surface area contributed by atoms with Crippen LogP contribution in [0.3, 0.4) is 0 Å². The number of morpholine rings is 1. The fourth-order valence-electron chi connectivity index (χ4n) is 4.28. The van der Waals surface area contributed by atoms with Gasteiger partial charge in [0.1, 0.15) is 0 Å². The Labute approximate surface area is 174 Å². The number of fused-ring (bicyclic) bond motifs is 2. The van der Waals surface area contributed by atoms with E-state index in [1.54, 1.807) is 11.3 Å². The first kappa shape index (κ1) is 18.7. The number of thiophene rings is 1. The van der Waals surface area contributed by atoms with Crippen molar-refractivity contribution in [3.05, 3.63) is 63.2 Å². The van der Waals surface area contributed by atoms with Gasteiger partial charge in [0.2, 0.25) is 0 Å². The third-order valence-corrected chi connectivity index (χ3v) is 6.47. The summed E-state index contributed by atoms with van der Waals surface area (Å²) in [6, 6.07) is 8.78. The lowest BCUT2D eigenvalue weighted by atomic mass is 10.0. The standard InChI is InChI=1S/C23H26N4OS/c1-15-8-16(13-27-5-6-28-23(2,3)14-27)9-18-12-25-22(26-21(15)18)19-10-20-17(11-24-19)4-7-29-20/h4,7-12,22,25H,5-6,13-14H2,1-3H3. The van der Waals surface area contributed by atoms with Crippen molar-refractivity contribution in [2.45, 2.75) is 39.1 Å². The highest BCUT2D eigenvalue weighted by Gasteiger charge is 2.27. The summed E-state index contributed by atoms with van der Waals surface area (Å²) in [7, 11) is 0. The third-order valence-electron chi connectivity index (χ3n) is 5.59. The van der Waals surface area contributed by atoms with Crippen LogP contribution in [0.1, 0.15) is 36.8 Å². The van der Waals surface area contributed by atoms with Gasteiger partial charge < -0.3 is 10.1 Å². The highest BCUT2D eigenvalue weighted by atomic mass is 32.1. The van der Waals surface area contributed by atoms with Gasteiger partial charge in [-0.15, -0.1) is 11.3 Å². The predicted molar refractivity (Wildman–Crippen MR) is 117 cm³/mol. The predicted octanol–water partition coefficient (Wildman–Crippen LogP) is 2.88. The molecule has 1 fully saturated rings. The number of hydrogen-bond acceptors (Lipinski definition) is 6. The molecular weight excluding hydrogens is 380 g/mol. The molecule has 4 heterocycles. The molecule has 0 radical (unpaired) electrons. The molecule has 1 saturated heterocycles. The summed E-state index contributed by atoms with van der Waals surface area (Å²) in [6.45, 7) is 10.1. The fraction of sp³-hybridized carbons (Fsp3) is 0.391. The number of nitrogens with one attached hydrogen (secondary N) is 1. The summed E-state index contributed by atoms with van der Waals surface area (Å²) in [5.41, 5.74) is 3.42. The van der Waals surface area contributed by atoms with Crippen molar-refractivity contribution in [3.63, 3.8) is 0 Å². The summed E-state index contributed by atoms with van der Waals surface area (Å²) in [5, 5.41) is 8.94. The summed E-state index contributed by atoms with van der Waals surface area (Å²) in [5.74, 6) is 0. The number of aryl methyl sites for hydroxylation is 1. The molecule has 5 nitrogen and oxygen atoms in total. The van der Waals surface area contributed by atoms with Crippen molar-refractivity contribution in [1.29, 1.82) is 0 Å². The average molecular weight is 407 g/mol. The second kappa shape index (κ2) is 7.20. The van der Waals surface area contributed by atoms with Crippen LogP contribution in [0, 0.1) is 6.92 Å². The van der Waals surface area contributed by atoms with Crippen molar-refractivity contribution < 1.29 is 4.74 Å². The van der Waals surface area contributed by atoms with E-state index < -0.39 is 0 Å². The van der Waals surface area contributed by atoms with E-state index in [0.29, 0.717) is 0 Å². The zero-order valence-electron chi connectivity index (χ0n) is 17.1. The molecule has 0 bridgehead atoms. The summed E-state index contributed by atoms with van der Waals surface area (Å²) in [6.07, 6.45) is 3.89. The first-order chi connectivity index (χ1) is 14.0. The minimum atomic E-state index is -0.140. The van der Waals surface area contributed by atoms with Gasteiger partial charge in [0.15, 0.2) is 6.17 Å². The van der Waals surface area contributed by atoms with Crippen LogP contribution in [0.4, 0.5) is 0 Å². The highest BCUT2D eigenvalue weighted by Crippen LogP contribution is 2.24. The Morgan fingerprint density at radius 2 is 2.21 bits per heavy atom. The van der Waals surface area contributed by atoms with E-state index in [4.69, 9.17) is 9.73 Å². The molecule has 2 aliphatic rings. The Kier molecular flexibility index (Phi) is 4.65. The lowest BCUT2D eigenvalue weighted by Gasteiger charge is -2.38. The molecule has 1 atom stereocenters. The third kappa shape index (κ3) is 3.80.